The molecule has 0 aliphatic heterocycles. The van der Waals surface area contributed by atoms with E-state index in [0.717, 1.165) is 6.42 Å². The van der Waals surface area contributed by atoms with Crippen LogP contribution in [0.25, 0.3) is 16.8 Å². The average molecular weight is 473 g/mol. The van der Waals surface area contributed by atoms with Crippen LogP contribution >= 0.6 is 17.2 Å². The molecule has 0 saturated carbocycles. The van der Waals surface area contributed by atoms with Gasteiger partial charge in [0.1, 0.15) is 0 Å². The van der Waals surface area contributed by atoms with Gasteiger partial charge in [0.05, 0.1) is 0 Å². The molecule has 5 aromatic carbocycles. The minimum absolute atomic E-state index is 0.0926. The minimum atomic E-state index is -0.0926. The van der Waals surface area contributed by atoms with Crippen LogP contribution in [0.3, 0.4) is 0 Å². The number of allylic oxidation sites excluding steroid dienone is 1. The first kappa shape index (κ1) is 21.5. The standard InChI is InChI=1S/C32H26P2/c1-3-15-26(16-4-1)33-30-22-21-24-12-7-9-19-28(24)31(30)32(34-27-17-5-2-6-18-27)23-11-14-25-13-8-10-20-29(25)32/h1-22,33-34H,23H2. The molecule has 0 saturated heterocycles. The molecule has 0 spiro atoms. The van der Waals surface area contributed by atoms with Crippen molar-refractivity contribution < 1.29 is 0 Å². The normalized spacial score (nSPS) is 17.6. The molecular formula is C32H26P2. The summed E-state index contributed by atoms with van der Waals surface area (Å²) in [7, 11) is 1.26. The van der Waals surface area contributed by atoms with Crippen LogP contribution < -0.4 is 15.9 Å². The summed E-state index contributed by atoms with van der Waals surface area (Å²) in [4.78, 5) is 0. The second-order valence-electron chi connectivity index (χ2n) is 8.79. The highest BCUT2D eigenvalue weighted by atomic mass is 31.1. The third-order valence-electron chi connectivity index (χ3n) is 6.68. The molecule has 3 unspecified atom stereocenters. The van der Waals surface area contributed by atoms with Crippen LogP contribution in [0.4, 0.5) is 0 Å². The van der Waals surface area contributed by atoms with Crippen LogP contribution in [-0.2, 0) is 5.16 Å². The van der Waals surface area contributed by atoms with E-state index in [-0.39, 0.29) is 5.16 Å². The molecule has 5 aromatic rings. The molecule has 3 atom stereocenters. The number of benzene rings is 5. The maximum absolute atomic E-state index is 2.40. The van der Waals surface area contributed by atoms with Gasteiger partial charge in [-0.05, 0) is 49.8 Å². The Kier molecular flexibility index (Phi) is 5.88. The first-order valence-electron chi connectivity index (χ1n) is 11.8. The number of fused-ring (bicyclic) bond motifs is 2. The van der Waals surface area contributed by atoms with Crippen LogP contribution in [0.2, 0.25) is 0 Å². The lowest BCUT2D eigenvalue weighted by atomic mass is 9.79. The van der Waals surface area contributed by atoms with Gasteiger partial charge in [0.15, 0.2) is 0 Å². The molecule has 0 fully saturated rings. The summed E-state index contributed by atoms with van der Waals surface area (Å²) in [5, 5.41) is 6.87. The Labute approximate surface area is 205 Å². The van der Waals surface area contributed by atoms with Gasteiger partial charge in [0.2, 0.25) is 0 Å². The van der Waals surface area contributed by atoms with E-state index in [0.29, 0.717) is 17.2 Å². The van der Waals surface area contributed by atoms with Crippen molar-refractivity contribution in [2.45, 2.75) is 11.6 Å². The fraction of sp³-hybridized carbons (Fsp3) is 0.0625. The molecule has 1 aliphatic rings. The van der Waals surface area contributed by atoms with Crippen LogP contribution in [0.5, 0.6) is 0 Å². The highest BCUT2D eigenvalue weighted by Crippen LogP contribution is 2.54. The molecule has 164 valence electrons. The molecule has 0 aromatic heterocycles. The monoisotopic (exact) mass is 472 g/mol. The molecule has 34 heavy (non-hydrogen) atoms. The van der Waals surface area contributed by atoms with Gasteiger partial charge in [-0.25, -0.2) is 0 Å². The Bertz CT molecular complexity index is 1470. The Morgan fingerprint density at radius 3 is 2.09 bits per heavy atom. The van der Waals surface area contributed by atoms with E-state index in [1.54, 1.807) is 0 Å². The smallest absolute Gasteiger partial charge is 0.0467 e. The van der Waals surface area contributed by atoms with E-state index in [2.05, 4.69) is 133 Å². The zero-order valence-electron chi connectivity index (χ0n) is 18.9. The van der Waals surface area contributed by atoms with Crippen molar-refractivity contribution in [3.63, 3.8) is 0 Å². The lowest BCUT2D eigenvalue weighted by Gasteiger charge is -2.40. The second kappa shape index (κ2) is 9.31. The summed E-state index contributed by atoms with van der Waals surface area (Å²) in [6, 6.07) is 44.7. The van der Waals surface area contributed by atoms with E-state index in [1.165, 1.54) is 43.4 Å². The highest BCUT2D eigenvalue weighted by molar-refractivity contribution is 7.56. The van der Waals surface area contributed by atoms with Crippen molar-refractivity contribution in [3.8, 4) is 0 Å². The molecule has 0 amide bonds. The van der Waals surface area contributed by atoms with Crippen LogP contribution in [0.15, 0.2) is 127 Å². The maximum Gasteiger partial charge on any atom is 0.0467 e. The van der Waals surface area contributed by atoms with E-state index in [1.807, 2.05) is 0 Å². The van der Waals surface area contributed by atoms with Gasteiger partial charge < -0.3 is 0 Å². The third-order valence-corrected chi connectivity index (χ3v) is 9.76. The summed E-state index contributed by atoms with van der Waals surface area (Å²) in [6.07, 6.45) is 5.72. The van der Waals surface area contributed by atoms with Crippen LogP contribution in [-0.4, -0.2) is 0 Å². The predicted molar refractivity (Wildman–Crippen MR) is 153 cm³/mol. The van der Waals surface area contributed by atoms with E-state index in [9.17, 15) is 0 Å². The Balaban J connectivity index is 1.66. The molecular weight excluding hydrogens is 446 g/mol. The molecule has 0 bridgehead atoms. The van der Waals surface area contributed by atoms with E-state index >= 15 is 0 Å². The largest absolute Gasteiger partial charge is 0.0823 e. The zero-order valence-corrected chi connectivity index (χ0v) is 20.9. The Hall–Kier alpha value is -3.04. The molecule has 6 rings (SSSR count). The van der Waals surface area contributed by atoms with Crippen LogP contribution in [0, 0.1) is 0 Å². The van der Waals surface area contributed by atoms with Crippen molar-refractivity contribution >= 4 is 49.9 Å². The van der Waals surface area contributed by atoms with Crippen LogP contribution in [0.1, 0.15) is 23.1 Å². The van der Waals surface area contributed by atoms with Gasteiger partial charge >= 0.3 is 0 Å². The third kappa shape index (κ3) is 3.92. The fourth-order valence-corrected chi connectivity index (χ4v) is 8.46. The van der Waals surface area contributed by atoms with Crippen molar-refractivity contribution in [2.75, 3.05) is 0 Å². The van der Waals surface area contributed by atoms with Gasteiger partial charge in [0, 0.05) is 5.16 Å². The first-order valence-corrected chi connectivity index (χ1v) is 13.8. The number of hydrogen-bond donors (Lipinski definition) is 0. The van der Waals surface area contributed by atoms with Crippen molar-refractivity contribution in [1.29, 1.82) is 0 Å². The number of rotatable bonds is 5. The van der Waals surface area contributed by atoms with Gasteiger partial charge in [-0.2, -0.15) is 0 Å². The average Bonchev–Trinajstić information content (AvgIpc) is 2.90. The lowest BCUT2D eigenvalue weighted by molar-refractivity contribution is 0.754. The summed E-state index contributed by atoms with van der Waals surface area (Å²) < 4.78 is 0. The SMILES string of the molecule is C1=Cc2ccccc2C(Pc2ccccc2)(c2c(Pc3ccccc3)ccc3ccccc23)C1. The molecule has 0 nitrogen and oxygen atoms in total. The molecule has 0 heterocycles. The lowest BCUT2D eigenvalue weighted by Crippen LogP contribution is -2.32. The van der Waals surface area contributed by atoms with Gasteiger partial charge in [-0.3, -0.25) is 0 Å². The Morgan fingerprint density at radius 2 is 1.26 bits per heavy atom. The molecule has 0 N–H and O–H groups in total. The van der Waals surface area contributed by atoms with E-state index in [4.69, 9.17) is 0 Å². The minimum Gasteiger partial charge on any atom is -0.0823 e. The van der Waals surface area contributed by atoms with Crippen molar-refractivity contribution in [2.24, 2.45) is 0 Å². The van der Waals surface area contributed by atoms with Crippen molar-refractivity contribution in [3.05, 3.63) is 144 Å². The maximum atomic E-state index is 2.40. The number of hydrogen-bond acceptors (Lipinski definition) is 0. The summed E-state index contributed by atoms with van der Waals surface area (Å²) in [5.74, 6) is 0. The predicted octanol–water partition coefficient (Wildman–Crippen LogP) is 7.13. The second-order valence-corrected chi connectivity index (χ2v) is 11.8. The van der Waals surface area contributed by atoms with Crippen molar-refractivity contribution in [1.82, 2.24) is 0 Å². The Morgan fingerprint density at radius 1 is 0.588 bits per heavy atom. The first-order chi connectivity index (χ1) is 16.8. The quantitative estimate of drug-likeness (QED) is 0.239. The van der Waals surface area contributed by atoms with Gasteiger partial charge in [0.25, 0.3) is 0 Å². The summed E-state index contributed by atoms with van der Waals surface area (Å²) in [6.45, 7) is 0. The highest BCUT2D eigenvalue weighted by Gasteiger charge is 2.39. The summed E-state index contributed by atoms with van der Waals surface area (Å²) >= 11 is 0. The zero-order chi connectivity index (χ0) is 22.8. The molecule has 0 radical (unpaired) electrons. The van der Waals surface area contributed by atoms with E-state index < -0.39 is 0 Å². The topological polar surface area (TPSA) is 0 Å². The molecule has 2 heteroatoms. The molecule has 1 aliphatic carbocycles. The van der Waals surface area contributed by atoms with Gasteiger partial charge in [-0.1, -0.05) is 151 Å². The van der Waals surface area contributed by atoms with Gasteiger partial charge in [-0.15, -0.1) is 0 Å². The fourth-order valence-electron chi connectivity index (χ4n) is 5.20. The summed E-state index contributed by atoms with van der Waals surface area (Å²) in [5.41, 5.74) is 4.31.